The van der Waals surface area contributed by atoms with E-state index in [0.29, 0.717) is 32.1 Å². The minimum absolute atomic E-state index is 0.137. The standard InChI is InChI=1S/C9H22N4O3S/c1-16-7-3-5-11-9(13-10)12-6-4-8-17(2,14)15/h3-8,10H2,1-2H3,(H2,11,12,13). The van der Waals surface area contributed by atoms with E-state index in [2.05, 4.69) is 15.7 Å². The van der Waals surface area contributed by atoms with Crippen molar-refractivity contribution in [3.63, 3.8) is 0 Å². The summed E-state index contributed by atoms with van der Waals surface area (Å²) in [5.74, 6) is 5.87. The fraction of sp³-hybridized carbons (Fsp3) is 0.889. The highest BCUT2D eigenvalue weighted by Gasteiger charge is 2.01. The van der Waals surface area contributed by atoms with Crippen molar-refractivity contribution in [1.29, 1.82) is 0 Å². The molecule has 0 aromatic carbocycles. The third kappa shape index (κ3) is 11.4. The Morgan fingerprint density at radius 2 is 2.12 bits per heavy atom. The van der Waals surface area contributed by atoms with Gasteiger partial charge in [0.05, 0.1) is 5.75 Å². The highest BCUT2D eigenvalue weighted by atomic mass is 32.2. The van der Waals surface area contributed by atoms with Crippen molar-refractivity contribution in [2.45, 2.75) is 12.8 Å². The number of sulfone groups is 1. The van der Waals surface area contributed by atoms with Crippen molar-refractivity contribution >= 4 is 15.8 Å². The maximum absolute atomic E-state index is 10.9. The molecule has 0 fully saturated rings. The minimum Gasteiger partial charge on any atom is -0.385 e. The third-order valence-electron chi connectivity index (χ3n) is 1.90. The van der Waals surface area contributed by atoms with E-state index >= 15 is 0 Å². The van der Waals surface area contributed by atoms with Gasteiger partial charge in [-0.25, -0.2) is 14.3 Å². The molecule has 0 aromatic rings. The molecule has 8 heteroatoms. The molecule has 0 unspecified atom stereocenters. The molecule has 0 aliphatic carbocycles. The molecule has 0 atom stereocenters. The van der Waals surface area contributed by atoms with E-state index in [1.54, 1.807) is 7.11 Å². The lowest BCUT2D eigenvalue weighted by Gasteiger charge is -2.08. The number of nitrogens with zero attached hydrogens (tertiary/aromatic N) is 1. The molecule has 102 valence electrons. The predicted octanol–water partition coefficient (Wildman–Crippen LogP) is -1.13. The van der Waals surface area contributed by atoms with E-state index in [1.807, 2.05) is 0 Å². The zero-order valence-corrected chi connectivity index (χ0v) is 11.2. The van der Waals surface area contributed by atoms with E-state index < -0.39 is 9.84 Å². The Balaban J connectivity index is 3.77. The van der Waals surface area contributed by atoms with Gasteiger partial charge in [-0.1, -0.05) is 0 Å². The van der Waals surface area contributed by atoms with Crippen LogP contribution in [0, 0.1) is 0 Å². The second kappa shape index (κ2) is 9.20. The van der Waals surface area contributed by atoms with Gasteiger partial charge in [0.2, 0.25) is 5.96 Å². The molecule has 0 heterocycles. The van der Waals surface area contributed by atoms with Gasteiger partial charge in [0.25, 0.3) is 0 Å². The molecule has 17 heavy (non-hydrogen) atoms. The topological polar surface area (TPSA) is 106 Å². The summed E-state index contributed by atoms with van der Waals surface area (Å²) in [4.78, 5) is 4.11. The van der Waals surface area contributed by atoms with Crippen molar-refractivity contribution in [2.24, 2.45) is 10.8 Å². The Hall–Kier alpha value is -0.860. The van der Waals surface area contributed by atoms with Gasteiger partial charge in [-0.15, -0.1) is 0 Å². The minimum atomic E-state index is -2.91. The zero-order chi connectivity index (χ0) is 13.1. The molecule has 0 aliphatic rings. The van der Waals surface area contributed by atoms with Gasteiger partial charge in [-0.3, -0.25) is 10.4 Å². The molecule has 0 aromatic heterocycles. The summed E-state index contributed by atoms with van der Waals surface area (Å²) in [6, 6.07) is 0. The molecular weight excluding hydrogens is 244 g/mol. The smallest absolute Gasteiger partial charge is 0.205 e. The Morgan fingerprint density at radius 3 is 2.65 bits per heavy atom. The van der Waals surface area contributed by atoms with Gasteiger partial charge in [-0.2, -0.15) is 0 Å². The van der Waals surface area contributed by atoms with E-state index in [1.165, 1.54) is 6.26 Å². The quantitative estimate of drug-likeness (QED) is 0.169. The molecular formula is C9H22N4O3S. The van der Waals surface area contributed by atoms with Crippen LogP contribution in [-0.2, 0) is 14.6 Å². The van der Waals surface area contributed by atoms with Crippen LogP contribution in [0.5, 0.6) is 0 Å². The Labute approximate surface area is 103 Å². The molecule has 0 spiro atoms. The average Bonchev–Trinajstić information content (AvgIpc) is 2.25. The van der Waals surface area contributed by atoms with Gasteiger partial charge in [0, 0.05) is 33.1 Å². The summed E-state index contributed by atoms with van der Waals surface area (Å²) in [7, 11) is -1.27. The van der Waals surface area contributed by atoms with Crippen molar-refractivity contribution in [2.75, 3.05) is 38.8 Å². The van der Waals surface area contributed by atoms with Crippen LogP contribution in [0.3, 0.4) is 0 Å². The SMILES string of the molecule is COCCCNC(=NCCCS(C)(=O)=O)NN. The highest BCUT2D eigenvalue weighted by molar-refractivity contribution is 7.90. The highest BCUT2D eigenvalue weighted by Crippen LogP contribution is 1.89. The summed E-state index contributed by atoms with van der Waals surface area (Å²) in [5, 5.41) is 2.99. The van der Waals surface area contributed by atoms with Gasteiger partial charge in [0.15, 0.2) is 0 Å². The maximum atomic E-state index is 10.9. The lowest BCUT2D eigenvalue weighted by atomic mass is 10.4. The molecule has 0 saturated carbocycles. The van der Waals surface area contributed by atoms with E-state index in [0.717, 1.165) is 6.42 Å². The lowest BCUT2D eigenvalue weighted by Crippen LogP contribution is -2.42. The number of nitrogens with one attached hydrogen (secondary N) is 2. The number of guanidine groups is 1. The number of hydrogen-bond donors (Lipinski definition) is 3. The van der Waals surface area contributed by atoms with E-state index in [4.69, 9.17) is 10.6 Å². The summed E-state index contributed by atoms with van der Waals surface area (Å²) in [6.07, 6.45) is 2.55. The average molecular weight is 266 g/mol. The van der Waals surface area contributed by atoms with Gasteiger partial charge >= 0.3 is 0 Å². The van der Waals surface area contributed by atoms with Gasteiger partial charge in [0.1, 0.15) is 9.84 Å². The van der Waals surface area contributed by atoms with Crippen LogP contribution < -0.4 is 16.6 Å². The number of hydrogen-bond acceptors (Lipinski definition) is 5. The Kier molecular flexibility index (Phi) is 8.73. The van der Waals surface area contributed by atoms with E-state index in [9.17, 15) is 8.42 Å². The fourth-order valence-corrected chi connectivity index (χ4v) is 1.75. The van der Waals surface area contributed by atoms with Crippen molar-refractivity contribution in [3.05, 3.63) is 0 Å². The van der Waals surface area contributed by atoms with Crippen LogP contribution in [0.4, 0.5) is 0 Å². The predicted molar refractivity (Wildman–Crippen MR) is 68.4 cm³/mol. The molecule has 0 amide bonds. The van der Waals surface area contributed by atoms with Crippen molar-refractivity contribution in [3.8, 4) is 0 Å². The number of nitrogens with two attached hydrogens (primary N) is 1. The first-order valence-electron chi connectivity index (χ1n) is 5.41. The van der Waals surface area contributed by atoms with Gasteiger partial charge in [-0.05, 0) is 12.8 Å². The summed E-state index contributed by atoms with van der Waals surface area (Å²) < 4.78 is 26.6. The fourth-order valence-electron chi connectivity index (χ4n) is 1.09. The maximum Gasteiger partial charge on any atom is 0.205 e. The third-order valence-corrected chi connectivity index (χ3v) is 2.93. The van der Waals surface area contributed by atoms with Crippen molar-refractivity contribution < 1.29 is 13.2 Å². The molecule has 0 bridgehead atoms. The number of hydrazine groups is 1. The molecule has 0 rings (SSSR count). The molecule has 0 saturated heterocycles. The van der Waals surface area contributed by atoms with Crippen LogP contribution >= 0.6 is 0 Å². The number of ether oxygens (including phenoxy) is 1. The monoisotopic (exact) mass is 266 g/mol. The Bertz CT molecular complexity index is 316. The summed E-state index contributed by atoms with van der Waals surface area (Å²) >= 11 is 0. The normalized spacial score (nSPS) is 12.5. The summed E-state index contributed by atoms with van der Waals surface area (Å²) in [5.41, 5.74) is 2.43. The van der Waals surface area contributed by atoms with Crippen LogP contribution in [0.25, 0.3) is 0 Å². The van der Waals surface area contributed by atoms with Crippen molar-refractivity contribution in [1.82, 2.24) is 10.7 Å². The number of aliphatic imine (C=N–C) groups is 1. The molecule has 0 radical (unpaired) electrons. The Morgan fingerprint density at radius 1 is 1.41 bits per heavy atom. The molecule has 7 nitrogen and oxygen atoms in total. The number of rotatable bonds is 8. The largest absolute Gasteiger partial charge is 0.385 e. The second-order valence-electron chi connectivity index (χ2n) is 3.63. The van der Waals surface area contributed by atoms with E-state index in [-0.39, 0.29) is 5.75 Å². The first-order chi connectivity index (χ1) is 7.99. The number of methoxy groups -OCH3 is 1. The van der Waals surface area contributed by atoms with Crippen LogP contribution in [0.15, 0.2) is 4.99 Å². The first kappa shape index (κ1) is 16.1. The molecule has 0 aliphatic heterocycles. The van der Waals surface area contributed by atoms with Gasteiger partial charge < -0.3 is 10.1 Å². The van der Waals surface area contributed by atoms with Crippen LogP contribution in [0.1, 0.15) is 12.8 Å². The lowest BCUT2D eigenvalue weighted by molar-refractivity contribution is 0.195. The first-order valence-corrected chi connectivity index (χ1v) is 7.47. The second-order valence-corrected chi connectivity index (χ2v) is 5.89. The van der Waals surface area contributed by atoms with Crippen LogP contribution in [-0.4, -0.2) is 53.2 Å². The zero-order valence-electron chi connectivity index (χ0n) is 10.4. The van der Waals surface area contributed by atoms with Crippen LogP contribution in [0.2, 0.25) is 0 Å². The summed E-state index contributed by atoms with van der Waals surface area (Å²) in [6.45, 7) is 1.78. The molecule has 4 N–H and O–H groups in total.